The second-order valence-electron chi connectivity index (χ2n) is 6.73. The monoisotopic (exact) mass is 414 g/mol. The Hall–Kier alpha value is -3.12. The number of nitrogens with zero attached hydrogens (tertiary/aromatic N) is 1. The lowest BCUT2D eigenvalue weighted by Crippen LogP contribution is -2.24. The molecule has 0 aliphatic heterocycles. The van der Waals surface area contributed by atoms with Crippen LogP contribution in [-0.2, 0) is 6.61 Å². The Bertz CT molecular complexity index is 1250. The second-order valence-corrected chi connectivity index (χ2v) is 7.11. The minimum atomic E-state index is -0.719. The summed E-state index contributed by atoms with van der Waals surface area (Å²) in [4.78, 5) is 15.9. The fourth-order valence-electron chi connectivity index (χ4n) is 3.21. The van der Waals surface area contributed by atoms with Crippen LogP contribution in [-0.4, -0.2) is 9.55 Å². The fraction of sp³-hybridized carbons (Fsp3) is 0.136. The summed E-state index contributed by atoms with van der Waals surface area (Å²) in [5.41, 5.74) is 1.73. The first-order chi connectivity index (χ1) is 13.9. The molecule has 0 aliphatic rings. The van der Waals surface area contributed by atoms with Gasteiger partial charge in [0.1, 0.15) is 29.0 Å². The normalized spacial score (nSPS) is 12.3. The van der Waals surface area contributed by atoms with Crippen molar-refractivity contribution < 1.29 is 13.5 Å². The molecule has 29 heavy (non-hydrogen) atoms. The number of rotatable bonds is 5. The number of fused-ring (bicyclic) bond motifs is 1. The molecule has 0 radical (unpaired) electrons. The van der Waals surface area contributed by atoms with Gasteiger partial charge in [0, 0.05) is 29.5 Å². The molecule has 1 N–H and O–H groups in total. The van der Waals surface area contributed by atoms with Gasteiger partial charge >= 0.3 is 0 Å². The smallest absolute Gasteiger partial charge is 0.273 e. The Morgan fingerprint density at radius 1 is 1.14 bits per heavy atom. The van der Waals surface area contributed by atoms with E-state index in [0.29, 0.717) is 0 Å². The molecule has 2 aromatic carbocycles. The number of hydrogen-bond donors (Lipinski definition) is 1. The maximum atomic E-state index is 13.8. The van der Waals surface area contributed by atoms with Crippen LogP contribution in [0, 0.1) is 11.6 Å². The first-order valence-corrected chi connectivity index (χ1v) is 9.36. The number of aromatic nitrogens is 2. The summed E-state index contributed by atoms with van der Waals surface area (Å²) in [6.45, 7) is 1.73. The van der Waals surface area contributed by atoms with E-state index in [2.05, 4.69) is 4.98 Å². The predicted molar refractivity (Wildman–Crippen MR) is 109 cm³/mol. The van der Waals surface area contributed by atoms with Gasteiger partial charge in [0.05, 0.1) is 6.04 Å². The van der Waals surface area contributed by atoms with E-state index in [-0.39, 0.29) is 29.0 Å². The number of halogens is 3. The third-order valence-corrected chi connectivity index (χ3v) is 5.25. The molecular formula is C22H17ClF2N2O2. The Morgan fingerprint density at radius 2 is 1.97 bits per heavy atom. The van der Waals surface area contributed by atoms with E-state index in [1.807, 2.05) is 37.4 Å². The molecule has 7 heteroatoms. The van der Waals surface area contributed by atoms with Gasteiger partial charge in [-0.1, -0.05) is 17.7 Å². The summed E-state index contributed by atoms with van der Waals surface area (Å²) < 4.78 is 33.8. The quantitative estimate of drug-likeness (QED) is 0.472. The van der Waals surface area contributed by atoms with Gasteiger partial charge in [-0.15, -0.1) is 0 Å². The predicted octanol–water partition coefficient (Wildman–Crippen LogP) is 5.45. The van der Waals surface area contributed by atoms with E-state index in [4.69, 9.17) is 16.3 Å². The lowest BCUT2D eigenvalue weighted by atomic mass is 10.1. The average molecular weight is 415 g/mol. The summed E-state index contributed by atoms with van der Waals surface area (Å²) in [6.07, 6.45) is 3.45. The van der Waals surface area contributed by atoms with Gasteiger partial charge in [-0.3, -0.25) is 4.79 Å². The largest absolute Gasteiger partial charge is 0.487 e. The molecule has 4 aromatic rings. The minimum absolute atomic E-state index is 0.0930. The molecule has 0 saturated heterocycles. The zero-order chi connectivity index (χ0) is 20.5. The molecule has 0 amide bonds. The third kappa shape index (κ3) is 3.76. The van der Waals surface area contributed by atoms with Crippen molar-refractivity contribution in [3.8, 4) is 5.75 Å². The highest BCUT2D eigenvalue weighted by Gasteiger charge is 2.16. The molecule has 0 aliphatic carbocycles. The van der Waals surface area contributed by atoms with E-state index >= 15 is 0 Å². The Kier molecular flexibility index (Phi) is 5.11. The van der Waals surface area contributed by atoms with E-state index in [0.717, 1.165) is 28.6 Å². The van der Waals surface area contributed by atoms with Gasteiger partial charge in [-0.25, -0.2) is 8.78 Å². The van der Waals surface area contributed by atoms with Gasteiger partial charge in [0.15, 0.2) is 0 Å². The van der Waals surface area contributed by atoms with Crippen molar-refractivity contribution in [1.29, 1.82) is 0 Å². The summed E-state index contributed by atoms with van der Waals surface area (Å²) in [5, 5.41) is 0.958. The Morgan fingerprint density at radius 3 is 2.76 bits per heavy atom. The first-order valence-electron chi connectivity index (χ1n) is 8.98. The zero-order valence-corrected chi connectivity index (χ0v) is 16.2. The van der Waals surface area contributed by atoms with Crippen LogP contribution in [0.4, 0.5) is 8.78 Å². The van der Waals surface area contributed by atoms with Crippen molar-refractivity contribution in [2.75, 3.05) is 0 Å². The number of H-pyrrole nitrogens is 1. The SMILES string of the molecule is CC(c1ccc2[nH]ccc2c1)n1ccc(OCc2ccc(F)cc2F)c(Cl)c1=O. The molecule has 1 atom stereocenters. The van der Waals surface area contributed by atoms with Crippen LogP contribution >= 0.6 is 11.6 Å². The minimum Gasteiger partial charge on any atom is -0.487 e. The van der Waals surface area contributed by atoms with Gasteiger partial charge in [0.2, 0.25) is 0 Å². The molecule has 1 unspecified atom stereocenters. The van der Waals surface area contributed by atoms with Crippen LogP contribution in [0.1, 0.15) is 24.1 Å². The number of hydrogen-bond acceptors (Lipinski definition) is 2. The van der Waals surface area contributed by atoms with Crippen LogP contribution in [0.2, 0.25) is 5.02 Å². The number of pyridine rings is 1. The molecule has 148 valence electrons. The molecule has 0 spiro atoms. The third-order valence-electron chi connectivity index (χ3n) is 4.90. The molecule has 4 nitrogen and oxygen atoms in total. The maximum Gasteiger partial charge on any atom is 0.273 e. The van der Waals surface area contributed by atoms with E-state index in [1.54, 1.807) is 12.3 Å². The van der Waals surface area contributed by atoms with Crippen LogP contribution in [0.15, 0.2) is 65.7 Å². The van der Waals surface area contributed by atoms with E-state index in [9.17, 15) is 13.6 Å². The van der Waals surface area contributed by atoms with Gasteiger partial charge in [-0.05, 0) is 54.3 Å². The van der Waals surface area contributed by atoms with Crippen LogP contribution in [0.5, 0.6) is 5.75 Å². The molecular weight excluding hydrogens is 398 g/mol. The highest BCUT2D eigenvalue weighted by atomic mass is 35.5. The Balaban J connectivity index is 1.58. The molecule has 4 rings (SSSR count). The highest BCUT2D eigenvalue weighted by Crippen LogP contribution is 2.26. The molecule has 0 fully saturated rings. The van der Waals surface area contributed by atoms with Crippen molar-refractivity contribution in [2.24, 2.45) is 0 Å². The van der Waals surface area contributed by atoms with Crippen molar-refractivity contribution in [1.82, 2.24) is 9.55 Å². The second kappa shape index (κ2) is 7.72. The van der Waals surface area contributed by atoms with E-state index in [1.165, 1.54) is 10.6 Å². The van der Waals surface area contributed by atoms with Gasteiger partial charge in [-0.2, -0.15) is 0 Å². The lowest BCUT2D eigenvalue weighted by molar-refractivity contribution is 0.298. The van der Waals surface area contributed by atoms with Crippen LogP contribution < -0.4 is 10.3 Å². The van der Waals surface area contributed by atoms with Crippen molar-refractivity contribution in [3.63, 3.8) is 0 Å². The topological polar surface area (TPSA) is 47.0 Å². The molecule has 2 aromatic heterocycles. The lowest BCUT2D eigenvalue weighted by Gasteiger charge is -2.17. The highest BCUT2D eigenvalue weighted by molar-refractivity contribution is 6.31. The van der Waals surface area contributed by atoms with Crippen LogP contribution in [0.3, 0.4) is 0 Å². The fourth-order valence-corrected chi connectivity index (χ4v) is 3.43. The summed E-state index contributed by atoms with van der Waals surface area (Å²) in [7, 11) is 0. The van der Waals surface area contributed by atoms with Gasteiger partial charge < -0.3 is 14.3 Å². The number of nitrogens with one attached hydrogen (secondary N) is 1. The Labute approximate surface area is 170 Å². The molecule has 0 saturated carbocycles. The summed E-state index contributed by atoms with van der Waals surface area (Å²) >= 11 is 6.22. The standard InChI is InChI=1S/C22H17ClF2N2O2/c1-13(14-3-5-19-15(10-14)6-8-26-19)27-9-7-20(21(23)22(27)28)29-12-16-2-4-17(24)11-18(16)25/h2-11,13,26H,12H2,1H3. The number of ether oxygens (including phenoxy) is 1. The molecule has 0 bridgehead atoms. The summed E-state index contributed by atoms with van der Waals surface area (Å²) in [6, 6.07) is 12.4. The number of aromatic amines is 1. The van der Waals surface area contributed by atoms with Crippen molar-refractivity contribution in [2.45, 2.75) is 19.6 Å². The zero-order valence-electron chi connectivity index (χ0n) is 15.5. The molecule has 2 heterocycles. The summed E-state index contributed by atoms with van der Waals surface area (Å²) in [5.74, 6) is -1.24. The maximum absolute atomic E-state index is 13.8. The van der Waals surface area contributed by atoms with Crippen LogP contribution in [0.25, 0.3) is 10.9 Å². The number of benzene rings is 2. The van der Waals surface area contributed by atoms with Crippen molar-refractivity contribution >= 4 is 22.5 Å². The average Bonchev–Trinajstić information content (AvgIpc) is 3.17. The van der Waals surface area contributed by atoms with Gasteiger partial charge in [0.25, 0.3) is 5.56 Å². The van der Waals surface area contributed by atoms with Crippen molar-refractivity contribution in [3.05, 3.63) is 99.1 Å². The van der Waals surface area contributed by atoms with E-state index < -0.39 is 17.2 Å². The first kappa shape index (κ1) is 19.2.